The summed E-state index contributed by atoms with van der Waals surface area (Å²) in [4.78, 5) is 15.2. The van der Waals surface area contributed by atoms with Crippen LogP contribution in [0.5, 0.6) is 5.88 Å². The number of nitrogens with one attached hydrogen (secondary N) is 1. The Balaban J connectivity index is 1.92. The molecule has 1 saturated heterocycles. The zero-order chi connectivity index (χ0) is 14.1. The van der Waals surface area contributed by atoms with Gasteiger partial charge >= 0.3 is 5.97 Å². The highest BCUT2D eigenvalue weighted by molar-refractivity contribution is 5.87. The van der Waals surface area contributed by atoms with Crippen molar-refractivity contribution in [3.05, 3.63) is 36.0 Å². The van der Waals surface area contributed by atoms with Crippen molar-refractivity contribution in [3.8, 4) is 5.88 Å². The van der Waals surface area contributed by atoms with Gasteiger partial charge in [-0.05, 0) is 35.6 Å². The minimum Gasteiger partial charge on any atom is -0.481 e. The molecule has 2 N–H and O–H groups in total. The van der Waals surface area contributed by atoms with Gasteiger partial charge in [0, 0.05) is 24.2 Å². The Kier molecular flexibility index (Phi) is 3.28. The predicted octanol–water partition coefficient (Wildman–Crippen LogP) is 1.98. The number of benzene rings is 1. The van der Waals surface area contributed by atoms with E-state index in [1.165, 1.54) is 0 Å². The van der Waals surface area contributed by atoms with Crippen LogP contribution in [0.1, 0.15) is 18.0 Å². The molecule has 2 atom stereocenters. The zero-order valence-electron chi connectivity index (χ0n) is 11.2. The van der Waals surface area contributed by atoms with Crippen molar-refractivity contribution in [2.24, 2.45) is 5.92 Å². The highest BCUT2D eigenvalue weighted by atomic mass is 16.5. The molecule has 2 unspecified atom stereocenters. The maximum atomic E-state index is 11.0. The third-order valence-electron chi connectivity index (χ3n) is 3.83. The summed E-state index contributed by atoms with van der Waals surface area (Å²) in [6.07, 6.45) is 2.34. The number of nitrogens with zero attached hydrogens (tertiary/aromatic N) is 1. The van der Waals surface area contributed by atoms with E-state index < -0.39 is 5.97 Å². The highest BCUT2D eigenvalue weighted by Gasteiger charge is 2.30. The average molecular weight is 272 g/mol. The summed E-state index contributed by atoms with van der Waals surface area (Å²) < 4.78 is 5.24. The van der Waals surface area contributed by atoms with E-state index in [1.54, 1.807) is 13.3 Å². The molecule has 20 heavy (non-hydrogen) atoms. The van der Waals surface area contributed by atoms with Crippen molar-refractivity contribution < 1.29 is 14.6 Å². The zero-order valence-corrected chi connectivity index (χ0v) is 11.2. The average Bonchev–Trinajstić information content (AvgIpc) is 2.96. The largest absolute Gasteiger partial charge is 0.481 e. The van der Waals surface area contributed by atoms with E-state index in [4.69, 9.17) is 9.84 Å². The molecule has 0 spiro atoms. The lowest BCUT2D eigenvalue weighted by molar-refractivity contribution is -0.141. The summed E-state index contributed by atoms with van der Waals surface area (Å²) in [6.45, 7) is 0.525. The van der Waals surface area contributed by atoms with Crippen LogP contribution in [-0.4, -0.2) is 29.7 Å². The van der Waals surface area contributed by atoms with Crippen LogP contribution in [0.4, 0.5) is 0 Å². The molecule has 1 fully saturated rings. The summed E-state index contributed by atoms with van der Waals surface area (Å²) in [5.41, 5.74) is 1.11. The molecule has 1 aliphatic rings. The second-order valence-electron chi connectivity index (χ2n) is 5.03. The van der Waals surface area contributed by atoms with Crippen molar-refractivity contribution in [2.45, 2.75) is 12.5 Å². The maximum absolute atomic E-state index is 11.0. The topological polar surface area (TPSA) is 71.5 Å². The van der Waals surface area contributed by atoms with Crippen LogP contribution in [0.3, 0.4) is 0 Å². The number of pyridine rings is 1. The second-order valence-corrected chi connectivity index (χ2v) is 5.03. The van der Waals surface area contributed by atoms with Gasteiger partial charge in [-0.1, -0.05) is 6.07 Å². The summed E-state index contributed by atoms with van der Waals surface area (Å²) in [5, 5.41) is 14.3. The number of fused-ring (bicyclic) bond motifs is 1. The number of carbonyl (C=O) groups is 1. The molecule has 0 bridgehead atoms. The minimum absolute atomic E-state index is 0.0969. The van der Waals surface area contributed by atoms with E-state index in [1.807, 2.05) is 18.2 Å². The van der Waals surface area contributed by atoms with Crippen molar-refractivity contribution in [1.82, 2.24) is 10.3 Å². The van der Waals surface area contributed by atoms with Gasteiger partial charge < -0.3 is 15.2 Å². The lowest BCUT2D eigenvalue weighted by atomic mass is 9.98. The van der Waals surface area contributed by atoms with Gasteiger partial charge in [0.15, 0.2) is 0 Å². The van der Waals surface area contributed by atoms with E-state index in [-0.39, 0.29) is 12.0 Å². The van der Waals surface area contributed by atoms with E-state index in [2.05, 4.69) is 16.4 Å². The first-order valence-electron chi connectivity index (χ1n) is 6.58. The van der Waals surface area contributed by atoms with Crippen molar-refractivity contribution in [2.75, 3.05) is 13.7 Å². The molecule has 0 amide bonds. The quantitative estimate of drug-likeness (QED) is 0.894. The fourth-order valence-electron chi connectivity index (χ4n) is 2.73. The van der Waals surface area contributed by atoms with Crippen LogP contribution < -0.4 is 10.1 Å². The first kappa shape index (κ1) is 12.9. The number of carboxylic acids is 1. The molecule has 1 aromatic heterocycles. The number of aromatic nitrogens is 1. The number of methoxy groups -OCH3 is 1. The number of ether oxygens (including phenoxy) is 1. The standard InChI is InChI=1S/C15H16N2O3/c1-20-14-12-3-2-10(6-9(12)4-5-16-14)13-7-11(8-17-13)15(18)19/h2-6,11,13,17H,7-8H2,1H3,(H,18,19). The number of hydrogen-bond donors (Lipinski definition) is 2. The molecule has 5 nitrogen and oxygen atoms in total. The maximum Gasteiger partial charge on any atom is 0.307 e. The molecule has 0 radical (unpaired) electrons. The Morgan fingerprint density at radius 3 is 3.00 bits per heavy atom. The van der Waals surface area contributed by atoms with Crippen LogP contribution in [-0.2, 0) is 4.79 Å². The summed E-state index contributed by atoms with van der Waals surface area (Å²) in [5.74, 6) is -0.425. The Labute approximate surface area is 116 Å². The monoisotopic (exact) mass is 272 g/mol. The molecule has 0 saturated carbocycles. The normalized spacial score (nSPS) is 22.1. The first-order valence-corrected chi connectivity index (χ1v) is 6.58. The van der Waals surface area contributed by atoms with E-state index in [0.29, 0.717) is 18.8 Å². The molecular weight excluding hydrogens is 256 g/mol. The number of aliphatic carboxylic acids is 1. The lowest BCUT2D eigenvalue weighted by Crippen LogP contribution is -2.17. The molecule has 1 aliphatic heterocycles. The molecule has 1 aromatic carbocycles. The van der Waals surface area contributed by atoms with E-state index in [0.717, 1.165) is 16.3 Å². The van der Waals surface area contributed by atoms with Crippen LogP contribution in [0.15, 0.2) is 30.5 Å². The highest BCUT2D eigenvalue weighted by Crippen LogP contribution is 2.31. The molecule has 5 heteroatoms. The first-order chi connectivity index (χ1) is 9.69. The van der Waals surface area contributed by atoms with Crippen molar-refractivity contribution in [3.63, 3.8) is 0 Å². The second kappa shape index (κ2) is 5.09. The van der Waals surface area contributed by atoms with Gasteiger partial charge in [-0.25, -0.2) is 4.98 Å². The fraction of sp³-hybridized carbons (Fsp3) is 0.333. The smallest absolute Gasteiger partial charge is 0.307 e. The van der Waals surface area contributed by atoms with Gasteiger partial charge in [0.05, 0.1) is 13.0 Å². The molecule has 104 valence electrons. The minimum atomic E-state index is -0.730. The third-order valence-corrected chi connectivity index (χ3v) is 3.83. The molecular formula is C15H16N2O3. The van der Waals surface area contributed by atoms with Gasteiger partial charge in [-0.2, -0.15) is 0 Å². The van der Waals surface area contributed by atoms with Crippen molar-refractivity contribution in [1.29, 1.82) is 0 Å². The van der Waals surface area contributed by atoms with Crippen LogP contribution in [0.2, 0.25) is 0 Å². The van der Waals surface area contributed by atoms with Crippen LogP contribution in [0.25, 0.3) is 10.8 Å². The molecule has 2 aromatic rings. The van der Waals surface area contributed by atoms with Crippen LogP contribution >= 0.6 is 0 Å². The van der Waals surface area contributed by atoms with E-state index in [9.17, 15) is 4.79 Å². The number of rotatable bonds is 3. The Morgan fingerprint density at radius 1 is 1.45 bits per heavy atom. The van der Waals surface area contributed by atoms with Gasteiger partial charge in [0.1, 0.15) is 0 Å². The SMILES string of the molecule is COc1nccc2cc(C3CC(C(=O)O)CN3)ccc12. The Hall–Kier alpha value is -2.14. The molecule has 2 heterocycles. The van der Waals surface area contributed by atoms with Gasteiger partial charge in [-0.3, -0.25) is 4.79 Å². The Bertz CT molecular complexity index is 657. The van der Waals surface area contributed by atoms with Gasteiger partial charge in [-0.15, -0.1) is 0 Å². The Morgan fingerprint density at radius 2 is 2.30 bits per heavy atom. The summed E-state index contributed by atoms with van der Waals surface area (Å²) in [6, 6.07) is 8.09. The summed E-state index contributed by atoms with van der Waals surface area (Å²) in [7, 11) is 1.60. The third kappa shape index (κ3) is 2.20. The number of hydrogen-bond acceptors (Lipinski definition) is 4. The fourth-order valence-corrected chi connectivity index (χ4v) is 2.73. The molecule has 3 rings (SSSR count). The van der Waals surface area contributed by atoms with E-state index >= 15 is 0 Å². The predicted molar refractivity (Wildman–Crippen MR) is 74.8 cm³/mol. The van der Waals surface area contributed by atoms with Crippen molar-refractivity contribution >= 4 is 16.7 Å². The lowest BCUT2D eigenvalue weighted by Gasteiger charge is -2.12. The summed E-state index contributed by atoms with van der Waals surface area (Å²) >= 11 is 0. The van der Waals surface area contributed by atoms with Crippen LogP contribution in [0, 0.1) is 5.92 Å². The van der Waals surface area contributed by atoms with Gasteiger partial charge in [0.25, 0.3) is 0 Å². The number of carboxylic acid groups (broad SMARTS) is 1. The van der Waals surface area contributed by atoms with Gasteiger partial charge in [0.2, 0.25) is 5.88 Å². The molecule has 0 aliphatic carbocycles.